The first kappa shape index (κ1) is 10.9. The van der Waals surface area contributed by atoms with Gasteiger partial charge in [0.2, 0.25) is 0 Å². The zero-order chi connectivity index (χ0) is 11.7. The molecular weight excluding hydrogens is 228 g/mol. The van der Waals surface area contributed by atoms with Gasteiger partial charge in [-0.25, -0.2) is 0 Å². The number of nitrogens with zero attached hydrogens (tertiary/aromatic N) is 1. The molecule has 0 aliphatic heterocycles. The minimum atomic E-state index is 0.723. The van der Waals surface area contributed by atoms with E-state index in [0.29, 0.717) is 0 Å². The van der Waals surface area contributed by atoms with Crippen molar-refractivity contribution in [3.8, 4) is 0 Å². The summed E-state index contributed by atoms with van der Waals surface area (Å²) in [5.74, 6) is 1.62. The van der Waals surface area contributed by atoms with Crippen molar-refractivity contribution >= 4 is 22.9 Å². The summed E-state index contributed by atoms with van der Waals surface area (Å²) >= 11 is 5.32. The zero-order valence-corrected chi connectivity index (χ0v) is 10.5. The Morgan fingerprint density at radius 1 is 1.24 bits per heavy atom. The van der Waals surface area contributed by atoms with Gasteiger partial charge in [-0.15, -0.1) is 0 Å². The molecule has 2 fully saturated rings. The van der Waals surface area contributed by atoms with Crippen LogP contribution in [0, 0.1) is 11.8 Å². The minimum Gasteiger partial charge on any atom is -0.267 e. The van der Waals surface area contributed by atoms with Gasteiger partial charge < -0.3 is 0 Å². The quantitative estimate of drug-likeness (QED) is 0.638. The molecular formula is C14H16N2S. The summed E-state index contributed by atoms with van der Waals surface area (Å²) in [6, 6.07) is 10.0. The SMILES string of the molecule is S=C(NN=C1CC2CCC1C2)c1ccccc1. The van der Waals surface area contributed by atoms with Crippen LogP contribution in [0.5, 0.6) is 0 Å². The highest BCUT2D eigenvalue weighted by Gasteiger charge is 2.36. The molecule has 0 heterocycles. The Hall–Kier alpha value is -1.22. The fourth-order valence-corrected chi connectivity index (χ4v) is 3.12. The van der Waals surface area contributed by atoms with Crippen molar-refractivity contribution in [1.82, 2.24) is 5.43 Å². The van der Waals surface area contributed by atoms with Gasteiger partial charge in [0.25, 0.3) is 0 Å². The van der Waals surface area contributed by atoms with Crippen LogP contribution in [0.3, 0.4) is 0 Å². The lowest BCUT2D eigenvalue weighted by Gasteiger charge is -2.12. The zero-order valence-electron chi connectivity index (χ0n) is 9.73. The molecule has 17 heavy (non-hydrogen) atoms. The smallest absolute Gasteiger partial charge is 0.126 e. The summed E-state index contributed by atoms with van der Waals surface area (Å²) in [6.07, 6.45) is 5.24. The number of hydrogen-bond acceptors (Lipinski definition) is 2. The Bertz CT molecular complexity index is 453. The molecule has 0 aromatic heterocycles. The van der Waals surface area contributed by atoms with Gasteiger partial charge in [-0.1, -0.05) is 42.5 Å². The molecule has 0 spiro atoms. The molecule has 2 bridgehead atoms. The summed E-state index contributed by atoms with van der Waals surface area (Å²) in [6.45, 7) is 0. The first-order valence-corrected chi connectivity index (χ1v) is 6.65. The first-order valence-electron chi connectivity index (χ1n) is 6.25. The fraction of sp³-hybridized carbons (Fsp3) is 0.429. The Kier molecular flexibility index (Phi) is 2.93. The molecule has 88 valence electrons. The number of hydrogen-bond donors (Lipinski definition) is 1. The van der Waals surface area contributed by atoms with E-state index in [1.165, 1.54) is 31.4 Å². The molecule has 2 atom stereocenters. The largest absolute Gasteiger partial charge is 0.267 e. The van der Waals surface area contributed by atoms with Crippen molar-refractivity contribution < 1.29 is 0 Å². The van der Waals surface area contributed by atoms with E-state index in [0.717, 1.165) is 22.4 Å². The van der Waals surface area contributed by atoms with Crippen molar-refractivity contribution in [1.29, 1.82) is 0 Å². The highest BCUT2D eigenvalue weighted by atomic mass is 32.1. The van der Waals surface area contributed by atoms with E-state index >= 15 is 0 Å². The average Bonchev–Trinajstić information content (AvgIpc) is 2.99. The van der Waals surface area contributed by atoms with Crippen LogP contribution in [-0.2, 0) is 0 Å². The highest BCUT2D eigenvalue weighted by molar-refractivity contribution is 7.80. The van der Waals surface area contributed by atoms with Crippen LogP contribution < -0.4 is 5.43 Å². The third-order valence-electron chi connectivity index (χ3n) is 3.85. The molecule has 3 rings (SSSR count). The minimum absolute atomic E-state index is 0.723. The van der Waals surface area contributed by atoms with Gasteiger partial charge >= 0.3 is 0 Å². The lowest BCUT2D eigenvalue weighted by atomic mass is 9.99. The van der Waals surface area contributed by atoms with E-state index in [2.05, 4.69) is 10.5 Å². The van der Waals surface area contributed by atoms with Crippen molar-refractivity contribution in [2.24, 2.45) is 16.9 Å². The monoisotopic (exact) mass is 244 g/mol. The summed E-state index contributed by atoms with van der Waals surface area (Å²) in [7, 11) is 0. The predicted octanol–water partition coefficient (Wildman–Crippen LogP) is 3.13. The average molecular weight is 244 g/mol. The van der Waals surface area contributed by atoms with E-state index in [1.807, 2.05) is 30.3 Å². The van der Waals surface area contributed by atoms with Gasteiger partial charge in [-0.05, 0) is 37.5 Å². The number of rotatable bonds is 2. The maximum absolute atomic E-state index is 5.32. The van der Waals surface area contributed by atoms with Crippen LogP contribution >= 0.6 is 12.2 Å². The maximum Gasteiger partial charge on any atom is 0.126 e. The van der Waals surface area contributed by atoms with Crippen molar-refractivity contribution in [2.75, 3.05) is 0 Å². The molecule has 2 aliphatic rings. The van der Waals surface area contributed by atoms with E-state index in [-0.39, 0.29) is 0 Å². The molecule has 3 heteroatoms. The Morgan fingerprint density at radius 3 is 2.71 bits per heavy atom. The fourth-order valence-electron chi connectivity index (χ4n) is 2.94. The van der Waals surface area contributed by atoms with Gasteiger partial charge in [0.1, 0.15) is 4.99 Å². The molecule has 1 aromatic carbocycles. The summed E-state index contributed by atoms with van der Waals surface area (Å²) in [4.78, 5) is 0.723. The Labute approximate surface area is 107 Å². The van der Waals surface area contributed by atoms with Crippen LogP contribution in [0.2, 0.25) is 0 Å². The van der Waals surface area contributed by atoms with Crippen molar-refractivity contribution in [2.45, 2.75) is 25.7 Å². The standard InChI is InChI=1S/C14H16N2S/c17-14(11-4-2-1-3-5-11)16-15-13-9-10-6-7-12(13)8-10/h1-5,10,12H,6-9H2,(H,16,17). The van der Waals surface area contributed by atoms with Gasteiger partial charge in [0.15, 0.2) is 0 Å². The van der Waals surface area contributed by atoms with Gasteiger partial charge in [0, 0.05) is 11.3 Å². The molecule has 0 amide bonds. The third kappa shape index (κ3) is 2.25. The van der Waals surface area contributed by atoms with Gasteiger partial charge in [0.05, 0.1) is 0 Å². The Balaban J connectivity index is 1.65. The third-order valence-corrected chi connectivity index (χ3v) is 4.17. The molecule has 1 aromatic rings. The highest BCUT2D eigenvalue weighted by Crippen LogP contribution is 2.42. The molecule has 1 N–H and O–H groups in total. The van der Waals surface area contributed by atoms with Crippen LogP contribution in [-0.4, -0.2) is 10.7 Å². The van der Waals surface area contributed by atoms with E-state index in [1.54, 1.807) is 0 Å². The molecule has 2 nitrogen and oxygen atoms in total. The summed E-state index contributed by atoms with van der Waals surface area (Å²) in [5.41, 5.74) is 5.42. The topological polar surface area (TPSA) is 24.4 Å². The number of fused-ring (bicyclic) bond motifs is 2. The Morgan fingerprint density at radius 2 is 2.06 bits per heavy atom. The summed E-state index contributed by atoms with van der Waals surface area (Å²) < 4.78 is 0. The molecule has 2 aliphatic carbocycles. The van der Waals surface area contributed by atoms with E-state index in [4.69, 9.17) is 12.2 Å². The second-order valence-electron chi connectivity index (χ2n) is 4.99. The molecule has 2 saturated carbocycles. The van der Waals surface area contributed by atoms with Crippen LogP contribution in [0.1, 0.15) is 31.2 Å². The lowest BCUT2D eigenvalue weighted by Crippen LogP contribution is -2.20. The first-order chi connectivity index (χ1) is 8.33. The molecule has 2 unspecified atom stereocenters. The predicted molar refractivity (Wildman–Crippen MR) is 74.2 cm³/mol. The van der Waals surface area contributed by atoms with Gasteiger partial charge in [-0.2, -0.15) is 5.10 Å². The van der Waals surface area contributed by atoms with Crippen LogP contribution in [0.4, 0.5) is 0 Å². The van der Waals surface area contributed by atoms with Gasteiger partial charge in [-0.3, -0.25) is 5.43 Å². The number of benzene rings is 1. The van der Waals surface area contributed by atoms with E-state index in [9.17, 15) is 0 Å². The van der Waals surface area contributed by atoms with Crippen molar-refractivity contribution in [3.05, 3.63) is 35.9 Å². The second kappa shape index (κ2) is 4.57. The molecule has 0 radical (unpaired) electrons. The number of nitrogens with one attached hydrogen (secondary N) is 1. The lowest BCUT2D eigenvalue weighted by molar-refractivity contribution is 0.590. The van der Waals surface area contributed by atoms with Crippen LogP contribution in [0.15, 0.2) is 35.4 Å². The second-order valence-corrected chi connectivity index (χ2v) is 5.40. The maximum atomic E-state index is 5.32. The van der Waals surface area contributed by atoms with E-state index < -0.39 is 0 Å². The number of hydrazone groups is 1. The van der Waals surface area contributed by atoms with Crippen molar-refractivity contribution in [3.63, 3.8) is 0 Å². The normalized spacial score (nSPS) is 28.6. The van der Waals surface area contributed by atoms with Crippen LogP contribution in [0.25, 0.3) is 0 Å². The number of thiocarbonyl (C=S) groups is 1. The summed E-state index contributed by atoms with van der Waals surface area (Å²) in [5, 5.41) is 4.51. The molecule has 0 saturated heterocycles.